The minimum Gasteiger partial charge on any atom is -0.463 e. The second kappa shape index (κ2) is 6.04. The number of halogens is 2. The summed E-state index contributed by atoms with van der Waals surface area (Å²) in [6.45, 7) is -0.0112. The summed E-state index contributed by atoms with van der Waals surface area (Å²) in [5.74, 6) is -0.353. The van der Waals surface area contributed by atoms with Gasteiger partial charge < -0.3 is 19.8 Å². The molecule has 2 heterocycles. The summed E-state index contributed by atoms with van der Waals surface area (Å²) in [5, 5.41) is 13.5. The van der Waals surface area contributed by atoms with E-state index >= 15 is 0 Å². The first kappa shape index (κ1) is 15.0. The van der Waals surface area contributed by atoms with E-state index in [0.717, 1.165) is 5.52 Å². The number of aromatic nitrogens is 1. The molecule has 1 unspecified atom stereocenters. The number of aliphatic hydroxyl groups excluding tert-OH is 1. The van der Waals surface area contributed by atoms with Gasteiger partial charge in [-0.3, -0.25) is 4.79 Å². The SMILES string of the molecule is O=C(NCC(O)c1c(Cl)cccc1Cl)c1cc2occc2[nH]1. The Bertz CT molecular complexity index is 776. The van der Waals surface area contributed by atoms with Crippen LogP contribution in [0.3, 0.4) is 0 Å². The topological polar surface area (TPSA) is 78.3 Å². The summed E-state index contributed by atoms with van der Waals surface area (Å²) in [5.41, 5.74) is 2.08. The Balaban J connectivity index is 1.69. The van der Waals surface area contributed by atoms with Gasteiger partial charge in [-0.15, -0.1) is 0 Å². The second-order valence-electron chi connectivity index (χ2n) is 4.74. The summed E-state index contributed by atoms with van der Waals surface area (Å²) < 4.78 is 5.18. The van der Waals surface area contributed by atoms with Gasteiger partial charge in [0.2, 0.25) is 0 Å². The van der Waals surface area contributed by atoms with Gasteiger partial charge in [0.05, 0.1) is 17.9 Å². The van der Waals surface area contributed by atoms with E-state index in [9.17, 15) is 9.90 Å². The third-order valence-electron chi connectivity index (χ3n) is 3.27. The fourth-order valence-corrected chi connectivity index (χ4v) is 2.84. The maximum Gasteiger partial charge on any atom is 0.267 e. The third kappa shape index (κ3) is 2.83. The Kier molecular flexibility index (Phi) is 4.11. The number of benzene rings is 1. The van der Waals surface area contributed by atoms with Gasteiger partial charge >= 0.3 is 0 Å². The number of nitrogens with one attached hydrogen (secondary N) is 2. The van der Waals surface area contributed by atoms with Crippen molar-refractivity contribution in [3.63, 3.8) is 0 Å². The first-order chi connectivity index (χ1) is 10.6. The quantitative estimate of drug-likeness (QED) is 0.680. The van der Waals surface area contributed by atoms with Crippen LogP contribution in [-0.4, -0.2) is 22.5 Å². The highest BCUT2D eigenvalue weighted by Gasteiger charge is 2.17. The van der Waals surface area contributed by atoms with Crippen LogP contribution in [-0.2, 0) is 0 Å². The van der Waals surface area contributed by atoms with Crippen molar-refractivity contribution in [2.24, 2.45) is 0 Å². The van der Waals surface area contributed by atoms with Crippen molar-refractivity contribution in [3.05, 3.63) is 57.9 Å². The maximum atomic E-state index is 12.1. The zero-order valence-electron chi connectivity index (χ0n) is 11.3. The molecule has 0 spiro atoms. The fraction of sp³-hybridized carbons (Fsp3) is 0.133. The lowest BCUT2D eigenvalue weighted by Gasteiger charge is -2.14. The van der Waals surface area contributed by atoms with E-state index in [1.165, 1.54) is 6.26 Å². The van der Waals surface area contributed by atoms with Crippen molar-refractivity contribution < 1.29 is 14.3 Å². The molecule has 0 saturated carbocycles. The lowest BCUT2D eigenvalue weighted by atomic mass is 10.1. The van der Waals surface area contributed by atoms with E-state index in [2.05, 4.69) is 10.3 Å². The van der Waals surface area contributed by atoms with Crippen molar-refractivity contribution in [2.45, 2.75) is 6.10 Å². The molecule has 1 amide bonds. The normalized spacial score (nSPS) is 12.5. The molecule has 0 bridgehead atoms. The van der Waals surface area contributed by atoms with Crippen LogP contribution in [0.4, 0.5) is 0 Å². The van der Waals surface area contributed by atoms with Gasteiger partial charge in [0.25, 0.3) is 5.91 Å². The van der Waals surface area contributed by atoms with Crippen molar-refractivity contribution in [1.29, 1.82) is 0 Å². The van der Waals surface area contributed by atoms with Crippen LogP contribution in [0.5, 0.6) is 0 Å². The molecule has 7 heteroatoms. The average Bonchev–Trinajstić information content (AvgIpc) is 3.05. The molecule has 0 radical (unpaired) electrons. The van der Waals surface area contributed by atoms with Crippen LogP contribution in [0, 0.1) is 0 Å². The number of amides is 1. The van der Waals surface area contributed by atoms with Crippen molar-refractivity contribution in [1.82, 2.24) is 10.3 Å². The van der Waals surface area contributed by atoms with Gasteiger partial charge in [-0.05, 0) is 12.1 Å². The molecule has 1 atom stereocenters. The third-order valence-corrected chi connectivity index (χ3v) is 3.93. The number of aromatic amines is 1. The van der Waals surface area contributed by atoms with Crippen molar-refractivity contribution in [3.8, 4) is 0 Å². The summed E-state index contributed by atoms with van der Waals surface area (Å²) in [7, 11) is 0. The van der Waals surface area contributed by atoms with Crippen LogP contribution >= 0.6 is 23.2 Å². The summed E-state index contributed by atoms with van der Waals surface area (Å²) in [4.78, 5) is 15.0. The molecule has 114 valence electrons. The van der Waals surface area contributed by atoms with Crippen LogP contribution < -0.4 is 5.32 Å². The molecule has 3 N–H and O–H groups in total. The number of H-pyrrole nitrogens is 1. The zero-order chi connectivity index (χ0) is 15.7. The zero-order valence-corrected chi connectivity index (χ0v) is 12.8. The Labute approximate surface area is 135 Å². The number of carbonyl (C=O) groups excluding carboxylic acids is 1. The van der Waals surface area contributed by atoms with Gasteiger partial charge in [-0.25, -0.2) is 0 Å². The van der Waals surface area contributed by atoms with E-state index in [-0.39, 0.29) is 12.5 Å². The highest BCUT2D eigenvalue weighted by Crippen LogP contribution is 2.29. The van der Waals surface area contributed by atoms with Gasteiger partial charge in [0, 0.05) is 34.3 Å². The summed E-state index contributed by atoms with van der Waals surface area (Å²) in [6.07, 6.45) is 0.537. The Morgan fingerprint density at radius 1 is 1.32 bits per heavy atom. The summed E-state index contributed by atoms with van der Waals surface area (Å²) in [6, 6.07) is 8.28. The number of carbonyl (C=O) groups is 1. The lowest BCUT2D eigenvalue weighted by molar-refractivity contribution is 0.0912. The highest BCUT2D eigenvalue weighted by molar-refractivity contribution is 6.36. The number of hydrogen-bond donors (Lipinski definition) is 3. The molecule has 1 aromatic carbocycles. The van der Waals surface area contributed by atoms with E-state index in [1.54, 1.807) is 30.3 Å². The van der Waals surface area contributed by atoms with E-state index in [1.807, 2.05) is 0 Å². The van der Waals surface area contributed by atoms with Gasteiger partial charge in [-0.2, -0.15) is 0 Å². The summed E-state index contributed by atoms with van der Waals surface area (Å²) >= 11 is 12.0. The van der Waals surface area contributed by atoms with E-state index < -0.39 is 6.10 Å². The highest BCUT2D eigenvalue weighted by atomic mass is 35.5. The Morgan fingerprint density at radius 2 is 2.05 bits per heavy atom. The molecule has 0 fully saturated rings. The minimum absolute atomic E-state index is 0.0112. The van der Waals surface area contributed by atoms with Crippen LogP contribution in [0.1, 0.15) is 22.2 Å². The standard InChI is InChI=1S/C15H12Cl2N2O3/c16-8-2-1-3-9(17)14(8)12(20)7-18-15(21)11-6-13-10(19-11)4-5-22-13/h1-6,12,19-20H,7H2,(H,18,21). The predicted octanol–water partition coefficient (Wildman–Crippen LogP) is 3.53. The minimum atomic E-state index is -0.997. The maximum absolute atomic E-state index is 12.1. The number of rotatable bonds is 4. The number of furan rings is 1. The second-order valence-corrected chi connectivity index (χ2v) is 5.56. The number of fused-ring (bicyclic) bond motifs is 1. The molecular weight excluding hydrogens is 327 g/mol. The van der Waals surface area contributed by atoms with Gasteiger partial charge in [0.1, 0.15) is 5.69 Å². The van der Waals surface area contributed by atoms with Crippen molar-refractivity contribution >= 4 is 40.2 Å². The smallest absolute Gasteiger partial charge is 0.267 e. The lowest BCUT2D eigenvalue weighted by Crippen LogP contribution is -2.28. The van der Waals surface area contributed by atoms with Crippen LogP contribution in [0.2, 0.25) is 10.0 Å². The molecule has 3 aromatic rings. The first-order valence-corrected chi connectivity index (χ1v) is 7.28. The number of aliphatic hydroxyl groups is 1. The molecule has 3 rings (SSSR count). The van der Waals surface area contributed by atoms with E-state index in [4.69, 9.17) is 27.6 Å². The largest absolute Gasteiger partial charge is 0.463 e. The van der Waals surface area contributed by atoms with Gasteiger partial charge in [0.15, 0.2) is 5.58 Å². The molecule has 0 saturated heterocycles. The molecule has 0 aliphatic carbocycles. The molecule has 0 aliphatic heterocycles. The predicted molar refractivity (Wildman–Crippen MR) is 84.3 cm³/mol. The van der Waals surface area contributed by atoms with Gasteiger partial charge in [-0.1, -0.05) is 29.3 Å². The average molecular weight is 339 g/mol. The first-order valence-electron chi connectivity index (χ1n) is 6.52. The van der Waals surface area contributed by atoms with E-state index in [0.29, 0.717) is 26.9 Å². The molecule has 0 aliphatic rings. The van der Waals surface area contributed by atoms with Crippen LogP contribution in [0.25, 0.3) is 11.1 Å². The fourth-order valence-electron chi connectivity index (χ4n) is 2.19. The molecule has 22 heavy (non-hydrogen) atoms. The monoisotopic (exact) mass is 338 g/mol. The van der Waals surface area contributed by atoms with Crippen molar-refractivity contribution in [2.75, 3.05) is 6.54 Å². The Hall–Kier alpha value is -1.95. The molecule has 2 aromatic heterocycles. The Morgan fingerprint density at radius 3 is 2.73 bits per heavy atom. The number of hydrogen-bond acceptors (Lipinski definition) is 3. The van der Waals surface area contributed by atoms with Crippen LogP contribution in [0.15, 0.2) is 41.0 Å². The molecule has 5 nitrogen and oxygen atoms in total. The molecular formula is C15H12Cl2N2O3.